The molecule has 12 heteroatoms. The lowest BCUT2D eigenvalue weighted by atomic mass is 10.0. The molecule has 1 aromatic heterocycles. The summed E-state index contributed by atoms with van der Waals surface area (Å²) in [4.78, 5) is 40.9. The summed E-state index contributed by atoms with van der Waals surface area (Å²) >= 11 is 0. The van der Waals surface area contributed by atoms with Crippen LogP contribution in [0.2, 0.25) is 0 Å². The Kier molecular flexibility index (Phi) is 7.20. The number of Topliss-reactive ketones (excluding diaryl/α,β-unsaturated/α-hetero) is 1. The van der Waals surface area contributed by atoms with Gasteiger partial charge >= 0.3 is 0 Å². The summed E-state index contributed by atoms with van der Waals surface area (Å²) in [6.07, 6.45) is 0.869. The van der Waals surface area contributed by atoms with Crippen LogP contribution >= 0.6 is 0 Å². The smallest absolute Gasteiger partial charge is 0.278 e. The molecular weight excluding hydrogens is 516 g/mol. The van der Waals surface area contributed by atoms with Crippen LogP contribution in [0.1, 0.15) is 38.4 Å². The van der Waals surface area contributed by atoms with Gasteiger partial charge in [0.1, 0.15) is 18.3 Å². The van der Waals surface area contributed by atoms with Gasteiger partial charge < -0.3 is 24.2 Å². The lowest BCUT2D eigenvalue weighted by molar-refractivity contribution is 0.0662. The first-order valence-electron chi connectivity index (χ1n) is 12.1. The van der Waals surface area contributed by atoms with Crippen molar-refractivity contribution in [3.8, 4) is 17.2 Å². The number of carbonyl (C=O) groups is 2. The fourth-order valence-electron chi connectivity index (χ4n) is 4.55. The van der Waals surface area contributed by atoms with E-state index in [-0.39, 0.29) is 62.8 Å². The SMILES string of the molecule is COCCN1CN(Cc2ccc3c(c2)OCO3)C(=O)c2c(O)c(=O)c(C(=O)CCc3ccc(F)cc3F)cn21. The monoisotopic (exact) mass is 541 g/mol. The number of hydrogen-bond donors (Lipinski definition) is 1. The van der Waals surface area contributed by atoms with E-state index >= 15 is 0 Å². The van der Waals surface area contributed by atoms with Crippen molar-refractivity contribution in [1.82, 2.24) is 9.58 Å². The van der Waals surface area contributed by atoms with Crippen molar-refractivity contribution >= 4 is 11.7 Å². The molecule has 2 aliphatic heterocycles. The quantitative estimate of drug-likeness (QED) is 0.412. The highest BCUT2D eigenvalue weighted by Gasteiger charge is 2.34. The van der Waals surface area contributed by atoms with Gasteiger partial charge in [0.05, 0.1) is 18.7 Å². The van der Waals surface area contributed by atoms with Crippen molar-refractivity contribution in [3.05, 3.63) is 86.8 Å². The summed E-state index contributed by atoms with van der Waals surface area (Å²) in [7, 11) is 1.51. The number of ketones is 1. The molecule has 0 unspecified atom stereocenters. The van der Waals surface area contributed by atoms with Crippen LogP contribution < -0.4 is 19.9 Å². The average Bonchev–Trinajstić information content (AvgIpc) is 3.38. The Hall–Kier alpha value is -4.45. The average molecular weight is 542 g/mol. The molecule has 1 N–H and O–H groups in total. The standard InChI is InChI=1S/C27H25F2N3O7/c1-37-9-8-31-14-30(12-16-2-7-22-23(10-16)39-15-38-22)27(36)24-26(35)25(34)19(13-32(24)31)21(33)6-4-17-3-5-18(28)11-20(17)29/h2-3,5,7,10-11,13,35H,4,6,8-9,12,14-15H2,1H3. The number of methoxy groups -OCH3 is 1. The number of aromatic hydroxyl groups is 1. The highest BCUT2D eigenvalue weighted by atomic mass is 19.1. The van der Waals surface area contributed by atoms with Crippen LogP contribution in [0.4, 0.5) is 8.78 Å². The Morgan fingerprint density at radius 2 is 1.90 bits per heavy atom. The number of aryl methyl sites for hydroxylation is 1. The highest BCUT2D eigenvalue weighted by molar-refractivity contribution is 6.00. The number of hydrogen-bond acceptors (Lipinski definition) is 8. The van der Waals surface area contributed by atoms with E-state index in [0.717, 1.165) is 11.6 Å². The number of fused-ring (bicyclic) bond motifs is 2. The minimum absolute atomic E-state index is 0.0698. The number of benzene rings is 2. The maximum atomic E-state index is 14.0. The lowest BCUT2D eigenvalue weighted by Gasteiger charge is -2.39. The normalized spacial score (nSPS) is 14.1. The molecule has 0 saturated carbocycles. The van der Waals surface area contributed by atoms with E-state index in [0.29, 0.717) is 17.6 Å². The van der Waals surface area contributed by atoms with Gasteiger partial charge in [-0.25, -0.2) is 8.78 Å². The van der Waals surface area contributed by atoms with Crippen LogP contribution in [-0.2, 0) is 17.7 Å². The van der Waals surface area contributed by atoms with Gasteiger partial charge in [-0.15, -0.1) is 0 Å². The van der Waals surface area contributed by atoms with Crippen LogP contribution in [-0.4, -0.2) is 60.1 Å². The highest BCUT2D eigenvalue weighted by Crippen LogP contribution is 2.33. The largest absolute Gasteiger partial charge is 0.502 e. The number of carbonyl (C=O) groups excluding carboxylic acids is 2. The van der Waals surface area contributed by atoms with E-state index in [1.807, 2.05) is 0 Å². The van der Waals surface area contributed by atoms with Crippen LogP contribution in [0.3, 0.4) is 0 Å². The number of nitrogens with zero attached hydrogens (tertiary/aromatic N) is 3. The molecule has 0 spiro atoms. The number of aromatic nitrogens is 1. The predicted octanol–water partition coefficient (Wildman–Crippen LogP) is 2.57. The summed E-state index contributed by atoms with van der Waals surface area (Å²) in [5, 5.41) is 12.5. The summed E-state index contributed by atoms with van der Waals surface area (Å²) in [6, 6.07) is 8.30. The van der Waals surface area contributed by atoms with Gasteiger partial charge in [-0.05, 0) is 35.7 Å². The van der Waals surface area contributed by atoms with Crippen LogP contribution in [0, 0.1) is 11.6 Å². The Bertz CT molecular complexity index is 1510. The molecule has 3 heterocycles. The summed E-state index contributed by atoms with van der Waals surface area (Å²) in [5.41, 5.74) is -0.782. The molecule has 204 valence electrons. The second kappa shape index (κ2) is 10.7. The van der Waals surface area contributed by atoms with Gasteiger partial charge in [0, 0.05) is 32.3 Å². The molecule has 2 aromatic carbocycles. The van der Waals surface area contributed by atoms with Crippen molar-refractivity contribution in [3.63, 3.8) is 0 Å². The molecule has 39 heavy (non-hydrogen) atoms. The lowest BCUT2D eigenvalue weighted by Crippen LogP contribution is -2.55. The molecular formula is C27H25F2N3O7. The number of amides is 1. The molecule has 0 bridgehead atoms. The third kappa shape index (κ3) is 5.15. The topological polar surface area (TPSA) is 111 Å². The Morgan fingerprint density at radius 1 is 1.10 bits per heavy atom. The van der Waals surface area contributed by atoms with Crippen LogP contribution in [0.5, 0.6) is 17.2 Å². The van der Waals surface area contributed by atoms with Gasteiger partial charge in [0.25, 0.3) is 5.91 Å². The first-order valence-corrected chi connectivity index (χ1v) is 12.1. The number of pyridine rings is 1. The van der Waals surface area contributed by atoms with E-state index in [2.05, 4.69) is 0 Å². The molecule has 5 rings (SSSR count). The molecule has 0 atom stereocenters. The van der Waals surface area contributed by atoms with Gasteiger partial charge in [-0.1, -0.05) is 12.1 Å². The van der Waals surface area contributed by atoms with Crippen molar-refractivity contribution in [2.45, 2.75) is 19.4 Å². The molecule has 2 aliphatic rings. The fraction of sp³-hybridized carbons (Fsp3) is 0.296. The minimum Gasteiger partial charge on any atom is -0.502 e. The van der Waals surface area contributed by atoms with Gasteiger partial charge in [-0.3, -0.25) is 24.1 Å². The molecule has 0 fully saturated rings. The van der Waals surface area contributed by atoms with E-state index in [1.54, 1.807) is 23.2 Å². The maximum Gasteiger partial charge on any atom is 0.278 e. The van der Waals surface area contributed by atoms with Crippen molar-refractivity contribution in [2.24, 2.45) is 0 Å². The van der Waals surface area contributed by atoms with Crippen LogP contribution in [0.25, 0.3) is 0 Å². The molecule has 0 aliphatic carbocycles. The van der Waals surface area contributed by atoms with E-state index < -0.39 is 34.5 Å². The van der Waals surface area contributed by atoms with E-state index in [9.17, 15) is 28.3 Å². The molecule has 0 radical (unpaired) electrons. The van der Waals surface area contributed by atoms with Gasteiger partial charge in [0.2, 0.25) is 12.2 Å². The number of ether oxygens (including phenoxy) is 3. The van der Waals surface area contributed by atoms with E-state index in [4.69, 9.17) is 14.2 Å². The van der Waals surface area contributed by atoms with Crippen molar-refractivity contribution in [2.75, 3.05) is 38.7 Å². The minimum atomic E-state index is -1.00. The second-order valence-electron chi connectivity index (χ2n) is 9.13. The fourth-order valence-corrected chi connectivity index (χ4v) is 4.55. The Labute approximate surface area is 221 Å². The maximum absolute atomic E-state index is 14.0. The number of halogens is 2. The van der Waals surface area contributed by atoms with Crippen molar-refractivity contribution < 1.29 is 37.7 Å². The number of rotatable bonds is 9. The zero-order chi connectivity index (χ0) is 27.7. The van der Waals surface area contributed by atoms with Gasteiger partial charge in [0.15, 0.2) is 28.7 Å². The van der Waals surface area contributed by atoms with Crippen LogP contribution in [0.15, 0.2) is 47.4 Å². The summed E-state index contributed by atoms with van der Waals surface area (Å²) < 4.78 is 44.4. The zero-order valence-corrected chi connectivity index (χ0v) is 21.0. The third-order valence-electron chi connectivity index (χ3n) is 6.59. The predicted molar refractivity (Wildman–Crippen MR) is 134 cm³/mol. The summed E-state index contributed by atoms with van der Waals surface area (Å²) in [5.74, 6) is -2.52. The summed E-state index contributed by atoms with van der Waals surface area (Å²) in [6.45, 7) is 0.851. The Morgan fingerprint density at radius 3 is 2.67 bits per heavy atom. The molecule has 3 aromatic rings. The third-order valence-corrected chi connectivity index (χ3v) is 6.59. The first kappa shape index (κ1) is 26.2. The zero-order valence-electron chi connectivity index (χ0n) is 21.0. The van der Waals surface area contributed by atoms with Gasteiger partial charge in [-0.2, -0.15) is 0 Å². The first-order chi connectivity index (χ1) is 18.8. The Balaban J connectivity index is 1.43. The molecule has 1 amide bonds. The molecule has 0 saturated heterocycles. The van der Waals surface area contributed by atoms with Crippen molar-refractivity contribution in [1.29, 1.82) is 0 Å². The van der Waals surface area contributed by atoms with E-state index in [1.165, 1.54) is 28.9 Å². The second-order valence-corrected chi connectivity index (χ2v) is 9.13. The molecule has 10 nitrogen and oxygen atoms in total.